The molecule has 1 aromatic carbocycles. The molecule has 0 aliphatic rings. The number of imidazole rings is 1. The number of aromatic nitrogens is 2. The third-order valence-electron chi connectivity index (χ3n) is 2.61. The first kappa shape index (κ1) is 12.0. The quantitative estimate of drug-likeness (QED) is 0.830. The highest BCUT2D eigenvalue weighted by Crippen LogP contribution is 2.24. The van der Waals surface area contributed by atoms with E-state index < -0.39 is 0 Å². The predicted octanol–water partition coefficient (Wildman–Crippen LogP) is 3.12. The molecule has 0 amide bonds. The van der Waals surface area contributed by atoms with E-state index in [0.717, 1.165) is 11.4 Å². The molecular formula is C13H15ClN2O. The maximum atomic E-state index is 11.9. The van der Waals surface area contributed by atoms with Gasteiger partial charge < -0.3 is 4.98 Å². The van der Waals surface area contributed by atoms with Crippen molar-refractivity contribution in [1.82, 2.24) is 9.55 Å². The van der Waals surface area contributed by atoms with Crippen LogP contribution in [0.1, 0.15) is 26.5 Å². The summed E-state index contributed by atoms with van der Waals surface area (Å²) in [6.07, 6.45) is 1.75. The van der Waals surface area contributed by atoms with E-state index in [9.17, 15) is 4.79 Å². The second kappa shape index (κ2) is 4.08. The molecule has 0 saturated heterocycles. The number of nitrogens with one attached hydrogen (secondary N) is 1. The van der Waals surface area contributed by atoms with Crippen molar-refractivity contribution in [3.8, 4) is 5.69 Å². The monoisotopic (exact) mass is 250 g/mol. The smallest absolute Gasteiger partial charge is 0.312 e. The fourth-order valence-electron chi connectivity index (χ4n) is 1.79. The second-order valence-corrected chi connectivity index (χ2v) is 5.48. The van der Waals surface area contributed by atoms with Gasteiger partial charge in [-0.25, -0.2) is 4.79 Å². The number of halogens is 1. The van der Waals surface area contributed by atoms with E-state index in [-0.39, 0.29) is 11.1 Å². The minimum absolute atomic E-state index is 0.110. The van der Waals surface area contributed by atoms with E-state index in [2.05, 4.69) is 25.8 Å². The molecule has 1 aromatic heterocycles. The first-order valence-electron chi connectivity index (χ1n) is 5.46. The number of aromatic amines is 1. The van der Waals surface area contributed by atoms with Crippen LogP contribution < -0.4 is 5.69 Å². The van der Waals surface area contributed by atoms with Crippen molar-refractivity contribution in [2.75, 3.05) is 0 Å². The van der Waals surface area contributed by atoms with Gasteiger partial charge in [0.25, 0.3) is 0 Å². The number of rotatable bonds is 1. The predicted molar refractivity (Wildman–Crippen MR) is 70.1 cm³/mol. The highest BCUT2D eigenvalue weighted by molar-refractivity contribution is 6.30. The Bertz CT molecular complexity index is 590. The van der Waals surface area contributed by atoms with Crippen molar-refractivity contribution < 1.29 is 0 Å². The minimum Gasteiger partial charge on any atom is -0.312 e. The minimum atomic E-state index is -0.141. The van der Waals surface area contributed by atoms with Gasteiger partial charge in [0.15, 0.2) is 0 Å². The van der Waals surface area contributed by atoms with Gasteiger partial charge in [-0.15, -0.1) is 0 Å². The molecule has 0 bridgehead atoms. The van der Waals surface area contributed by atoms with Crippen LogP contribution >= 0.6 is 11.6 Å². The van der Waals surface area contributed by atoms with Crippen LogP contribution in [0.5, 0.6) is 0 Å². The summed E-state index contributed by atoms with van der Waals surface area (Å²) in [6.45, 7) is 6.20. The van der Waals surface area contributed by atoms with Crippen LogP contribution in [0, 0.1) is 0 Å². The van der Waals surface area contributed by atoms with Gasteiger partial charge in [-0.3, -0.25) is 4.57 Å². The Labute approximate surface area is 105 Å². The maximum Gasteiger partial charge on any atom is 0.330 e. The largest absolute Gasteiger partial charge is 0.330 e. The molecule has 0 unspecified atom stereocenters. The van der Waals surface area contributed by atoms with Gasteiger partial charge >= 0.3 is 5.69 Å². The molecule has 0 aliphatic carbocycles. The number of nitrogens with zero attached hydrogens (tertiary/aromatic N) is 1. The Morgan fingerprint density at radius 2 is 2.00 bits per heavy atom. The van der Waals surface area contributed by atoms with E-state index in [1.54, 1.807) is 22.9 Å². The normalized spacial score (nSPS) is 11.8. The number of hydrogen-bond donors (Lipinski definition) is 1. The summed E-state index contributed by atoms with van der Waals surface area (Å²) in [6, 6.07) is 7.28. The van der Waals surface area contributed by atoms with Crippen LogP contribution in [0.15, 0.2) is 35.3 Å². The van der Waals surface area contributed by atoms with Crippen LogP contribution in [-0.2, 0) is 5.41 Å². The van der Waals surface area contributed by atoms with Gasteiger partial charge in [-0.05, 0) is 18.2 Å². The summed E-state index contributed by atoms with van der Waals surface area (Å²) in [5.74, 6) is 0. The van der Waals surface area contributed by atoms with Crippen LogP contribution in [0.3, 0.4) is 0 Å². The Hall–Kier alpha value is -1.48. The molecule has 0 radical (unpaired) electrons. The Morgan fingerprint density at radius 3 is 2.59 bits per heavy atom. The van der Waals surface area contributed by atoms with E-state index in [4.69, 9.17) is 11.6 Å². The SMILES string of the molecule is CC(C)(C)c1c[nH]c(=O)n1-c1cccc(Cl)c1. The Morgan fingerprint density at radius 1 is 1.29 bits per heavy atom. The molecule has 0 atom stereocenters. The van der Waals surface area contributed by atoms with Crippen molar-refractivity contribution in [3.05, 3.63) is 51.7 Å². The molecule has 3 nitrogen and oxygen atoms in total. The molecule has 0 saturated carbocycles. The van der Waals surface area contributed by atoms with Crippen molar-refractivity contribution in [3.63, 3.8) is 0 Å². The topological polar surface area (TPSA) is 37.8 Å². The summed E-state index contributed by atoms with van der Waals surface area (Å²) in [4.78, 5) is 14.6. The van der Waals surface area contributed by atoms with Crippen molar-refractivity contribution in [2.45, 2.75) is 26.2 Å². The first-order valence-corrected chi connectivity index (χ1v) is 5.84. The van der Waals surface area contributed by atoms with Gasteiger partial charge in [-0.1, -0.05) is 38.4 Å². The van der Waals surface area contributed by atoms with Crippen molar-refractivity contribution in [1.29, 1.82) is 0 Å². The summed E-state index contributed by atoms with van der Waals surface area (Å²) >= 11 is 5.96. The third kappa shape index (κ3) is 2.29. The molecule has 1 N–H and O–H groups in total. The summed E-state index contributed by atoms with van der Waals surface area (Å²) < 4.78 is 1.66. The molecule has 0 spiro atoms. The zero-order chi connectivity index (χ0) is 12.6. The van der Waals surface area contributed by atoms with E-state index in [1.165, 1.54) is 0 Å². The summed E-state index contributed by atoms with van der Waals surface area (Å²) in [5.41, 5.74) is 1.47. The molecule has 17 heavy (non-hydrogen) atoms. The van der Waals surface area contributed by atoms with Crippen molar-refractivity contribution in [2.24, 2.45) is 0 Å². The molecule has 0 fully saturated rings. The van der Waals surface area contributed by atoms with Crippen LogP contribution in [0.2, 0.25) is 5.02 Å². The third-order valence-corrected chi connectivity index (χ3v) is 2.85. The van der Waals surface area contributed by atoms with Crippen LogP contribution in [-0.4, -0.2) is 9.55 Å². The van der Waals surface area contributed by atoms with Gasteiger partial charge in [-0.2, -0.15) is 0 Å². The zero-order valence-corrected chi connectivity index (χ0v) is 10.9. The summed E-state index contributed by atoms with van der Waals surface area (Å²) in [7, 11) is 0. The Balaban J connectivity index is 2.67. The highest BCUT2D eigenvalue weighted by atomic mass is 35.5. The Kier molecular flexibility index (Phi) is 2.87. The number of hydrogen-bond acceptors (Lipinski definition) is 1. The van der Waals surface area contributed by atoms with Gasteiger partial charge in [0.1, 0.15) is 0 Å². The molecule has 4 heteroatoms. The highest BCUT2D eigenvalue weighted by Gasteiger charge is 2.21. The second-order valence-electron chi connectivity index (χ2n) is 5.04. The van der Waals surface area contributed by atoms with Gasteiger partial charge in [0.2, 0.25) is 0 Å². The van der Waals surface area contributed by atoms with Crippen molar-refractivity contribution >= 4 is 11.6 Å². The molecule has 2 aromatic rings. The van der Waals surface area contributed by atoms with Crippen LogP contribution in [0.4, 0.5) is 0 Å². The standard InChI is InChI=1S/C13H15ClN2O/c1-13(2,3)11-8-15-12(17)16(11)10-6-4-5-9(14)7-10/h4-8H,1-3H3,(H,15,17). The first-order chi connectivity index (χ1) is 7.89. The number of benzene rings is 1. The fourth-order valence-corrected chi connectivity index (χ4v) is 1.98. The average molecular weight is 251 g/mol. The van der Waals surface area contributed by atoms with E-state index in [0.29, 0.717) is 5.02 Å². The lowest BCUT2D eigenvalue weighted by Gasteiger charge is -2.20. The average Bonchev–Trinajstić information content (AvgIpc) is 2.59. The van der Waals surface area contributed by atoms with Crippen LogP contribution in [0.25, 0.3) is 5.69 Å². The molecule has 1 heterocycles. The number of H-pyrrole nitrogens is 1. The van der Waals surface area contributed by atoms with E-state index in [1.807, 2.05) is 12.1 Å². The molecule has 90 valence electrons. The molecule has 0 aliphatic heterocycles. The van der Waals surface area contributed by atoms with Gasteiger partial charge in [0, 0.05) is 22.3 Å². The van der Waals surface area contributed by atoms with Gasteiger partial charge in [0.05, 0.1) is 5.69 Å². The lowest BCUT2D eigenvalue weighted by molar-refractivity contribution is 0.554. The molecule has 2 rings (SSSR count). The summed E-state index contributed by atoms with van der Waals surface area (Å²) in [5, 5.41) is 0.621. The van der Waals surface area contributed by atoms with E-state index >= 15 is 0 Å². The maximum absolute atomic E-state index is 11.9. The molecular weight excluding hydrogens is 236 g/mol. The zero-order valence-electron chi connectivity index (χ0n) is 10.1. The lowest BCUT2D eigenvalue weighted by Crippen LogP contribution is -2.23. The lowest BCUT2D eigenvalue weighted by atomic mass is 9.92. The fraction of sp³-hybridized carbons (Fsp3) is 0.308.